The van der Waals surface area contributed by atoms with E-state index in [1.807, 2.05) is 47.4 Å². The van der Waals surface area contributed by atoms with Gasteiger partial charge >= 0.3 is 0 Å². The third-order valence-corrected chi connectivity index (χ3v) is 5.57. The van der Waals surface area contributed by atoms with Crippen LogP contribution in [0.4, 0.5) is 0 Å². The molecule has 25 heavy (non-hydrogen) atoms. The van der Waals surface area contributed by atoms with Gasteiger partial charge in [0.15, 0.2) is 0 Å². The van der Waals surface area contributed by atoms with E-state index < -0.39 is 0 Å². The van der Waals surface area contributed by atoms with Crippen LogP contribution in [0.1, 0.15) is 11.1 Å². The Hall–Kier alpha value is -1.55. The van der Waals surface area contributed by atoms with Crippen molar-refractivity contribution in [3.63, 3.8) is 0 Å². The Balaban J connectivity index is 1.24. The number of nitrogens with zero attached hydrogens (tertiary/aromatic N) is 2. The van der Waals surface area contributed by atoms with Crippen LogP contribution < -0.4 is 0 Å². The van der Waals surface area contributed by atoms with Crippen molar-refractivity contribution in [2.45, 2.75) is 13.0 Å². The van der Waals surface area contributed by atoms with E-state index in [4.69, 9.17) is 23.2 Å². The molecule has 2 aliphatic heterocycles. The summed E-state index contributed by atoms with van der Waals surface area (Å²) in [6, 6.07) is 15.5. The van der Waals surface area contributed by atoms with E-state index in [-0.39, 0.29) is 5.91 Å². The molecule has 130 valence electrons. The predicted octanol–water partition coefficient (Wildman–Crippen LogP) is 3.88. The second-order valence-corrected chi connectivity index (χ2v) is 8.20. The molecule has 2 saturated heterocycles. The lowest BCUT2D eigenvalue weighted by Crippen LogP contribution is -2.72. The SMILES string of the molecule is O=C(Cc1ccc(Cl)cc1)N1CC2(CN(Cc3cccc(Cl)c3)C2)C1. The minimum Gasteiger partial charge on any atom is -0.341 e. The van der Waals surface area contributed by atoms with Gasteiger partial charge in [-0.3, -0.25) is 9.69 Å². The van der Waals surface area contributed by atoms with Crippen LogP contribution in [0.5, 0.6) is 0 Å². The van der Waals surface area contributed by atoms with Crippen LogP contribution in [-0.4, -0.2) is 41.9 Å². The van der Waals surface area contributed by atoms with Gasteiger partial charge < -0.3 is 4.90 Å². The maximum absolute atomic E-state index is 12.4. The topological polar surface area (TPSA) is 23.6 Å². The first-order chi connectivity index (χ1) is 12.0. The summed E-state index contributed by atoms with van der Waals surface area (Å²) in [5.41, 5.74) is 2.58. The molecule has 0 unspecified atom stereocenters. The lowest BCUT2D eigenvalue weighted by Gasteiger charge is -2.60. The third kappa shape index (κ3) is 3.69. The number of likely N-dealkylation sites (tertiary alicyclic amines) is 2. The molecule has 0 N–H and O–H groups in total. The van der Waals surface area contributed by atoms with Gasteiger partial charge in [-0.15, -0.1) is 0 Å². The van der Waals surface area contributed by atoms with Gasteiger partial charge in [0.05, 0.1) is 6.42 Å². The second-order valence-electron chi connectivity index (χ2n) is 7.33. The third-order valence-electron chi connectivity index (χ3n) is 5.09. The Morgan fingerprint density at radius 2 is 1.64 bits per heavy atom. The van der Waals surface area contributed by atoms with Gasteiger partial charge in [-0.25, -0.2) is 0 Å². The summed E-state index contributed by atoms with van der Waals surface area (Å²) in [6.07, 6.45) is 0.458. The minimum atomic E-state index is 0.209. The Kier molecular flexibility index (Phi) is 4.48. The number of benzene rings is 2. The molecule has 3 nitrogen and oxygen atoms in total. The van der Waals surface area contributed by atoms with Crippen molar-refractivity contribution in [2.75, 3.05) is 26.2 Å². The summed E-state index contributed by atoms with van der Waals surface area (Å²) in [7, 11) is 0. The summed E-state index contributed by atoms with van der Waals surface area (Å²) in [5, 5.41) is 1.49. The molecule has 2 fully saturated rings. The first kappa shape index (κ1) is 16.9. The van der Waals surface area contributed by atoms with E-state index in [0.29, 0.717) is 16.9 Å². The highest BCUT2D eigenvalue weighted by molar-refractivity contribution is 6.30. The number of hydrogen-bond donors (Lipinski definition) is 0. The lowest BCUT2D eigenvalue weighted by atomic mass is 9.72. The number of amides is 1. The molecule has 5 heteroatoms. The van der Waals surface area contributed by atoms with E-state index in [0.717, 1.165) is 43.3 Å². The zero-order valence-corrected chi connectivity index (χ0v) is 15.4. The van der Waals surface area contributed by atoms with Gasteiger partial charge in [0.25, 0.3) is 0 Å². The van der Waals surface area contributed by atoms with E-state index in [9.17, 15) is 4.79 Å². The molecule has 0 bridgehead atoms. The maximum atomic E-state index is 12.4. The number of carbonyl (C=O) groups is 1. The molecule has 0 radical (unpaired) electrons. The molecule has 0 saturated carbocycles. The Morgan fingerprint density at radius 3 is 2.32 bits per heavy atom. The summed E-state index contributed by atoms with van der Waals surface area (Å²) < 4.78 is 0. The van der Waals surface area contributed by atoms with Crippen LogP contribution in [0.15, 0.2) is 48.5 Å². The highest BCUT2D eigenvalue weighted by Gasteiger charge is 2.52. The zero-order chi connectivity index (χ0) is 17.4. The molecule has 0 aliphatic carbocycles. The Labute approximate surface area is 158 Å². The number of rotatable bonds is 4. The fourth-order valence-corrected chi connectivity index (χ4v) is 4.28. The van der Waals surface area contributed by atoms with Crippen molar-refractivity contribution in [3.8, 4) is 0 Å². The van der Waals surface area contributed by atoms with Crippen molar-refractivity contribution in [1.29, 1.82) is 0 Å². The standard InChI is InChI=1S/C20H20Cl2N2O/c21-17-6-4-15(5-7-17)9-19(25)24-13-20(14-24)11-23(12-20)10-16-2-1-3-18(22)8-16/h1-8H,9-14H2. The predicted molar refractivity (Wildman–Crippen MR) is 101 cm³/mol. The number of halogens is 2. The quantitative estimate of drug-likeness (QED) is 0.810. The fourth-order valence-electron chi connectivity index (χ4n) is 3.94. The molecular formula is C20H20Cl2N2O. The highest BCUT2D eigenvalue weighted by atomic mass is 35.5. The first-order valence-electron chi connectivity index (χ1n) is 8.50. The largest absolute Gasteiger partial charge is 0.341 e. The Morgan fingerprint density at radius 1 is 0.920 bits per heavy atom. The molecule has 1 amide bonds. The molecule has 0 aromatic heterocycles. The Bertz CT molecular complexity index is 777. The average molecular weight is 375 g/mol. The molecule has 0 atom stereocenters. The van der Waals surface area contributed by atoms with Crippen LogP contribution in [0.25, 0.3) is 0 Å². The molecule has 2 aromatic rings. The summed E-state index contributed by atoms with van der Waals surface area (Å²) in [5.74, 6) is 0.209. The van der Waals surface area contributed by atoms with Gasteiger partial charge in [-0.2, -0.15) is 0 Å². The van der Waals surface area contributed by atoms with E-state index in [2.05, 4.69) is 11.0 Å². The minimum absolute atomic E-state index is 0.209. The fraction of sp³-hybridized carbons (Fsp3) is 0.350. The molecule has 2 heterocycles. The zero-order valence-electron chi connectivity index (χ0n) is 13.9. The molecule has 1 spiro atoms. The van der Waals surface area contributed by atoms with Gasteiger partial charge in [-0.1, -0.05) is 47.5 Å². The average Bonchev–Trinajstić information content (AvgIpc) is 2.50. The van der Waals surface area contributed by atoms with Crippen molar-refractivity contribution >= 4 is 29.1 Å². The maximum Gasteiger partial charge on any atom is 0.227 e. The second kappa shape index (κ2) is 6.64. The van der Waals surface area contributed by atoms with E-state index in [1.165, 1.54) is 5.56 Å². The van der Waals surface area contributed by atoms with Crippen LogP contribution in [-0.2, 0) is 17.8 Å². The number of hydrogen-bond acceptors (Lipinski definition) is 2. The van der Waals surface area contributed by atoms with E-state index in [1.54, 1.807) is 0 Å². The molecule has 2 aliphatic rings. The first-order valence-corrected chi connectivity index (χ1v) is 9.26. The van der Waals surface area contributed by atoms with Crippen LogP contribution in [0.3, 0.4) is 0 Å². The number of carbonyl (C=O) groups excluding carboxylic acids is 1. The van der Waals surface area contributed by atoms with Crippen LogP contribution in [0.2, 0.25) is 10.0 Å². The summed E-state index contributed by atoms with van der Waals surface area (Å²) >= 11 is 11.9. The van der Waals surface area contributed by atoms with Gasteiger partial charge in [-0.05, 0) is 35.4 Å². The summed E-state index contributed by atoms with van der Waals surface area (Å²) in [6.45, 7) is 4.81. The summed E-state index contributed by atoms with van der Waals surface area (Å²) in [4.78, 5) is 16.8. The van der Waals surface area contributed by atoms with E-state index >= 15 is 0 Å². The van der Waals surface area contributed by atoms with Crippen molar-refractivity contribution in [3.05, 3.63) is 69.7 Å². The van der Waals surface area contributed by atoms with Gasteiger partial charge in [0, 0.05) is 48.2 Å². The van der Waals surface area contributed by atoms with Crippen LogP contribution in [0, 0.1) is 5.41 Å². The normalized spacial score (nSPS) is 18.7. The van der Waals surface area contributed by atoms with Crippen molar-refractivity contribution in [1.82, 2.24) is 9.80 Å². The molecular weight excluding hydrogens is 355 g/mol. The molecule has 2 aromatic carbocycles. The van der Waals surface area contributed by atoms with Gasteiger partial charge in [0.2, 0.25) is 5.91 Å². The smallest absolute Gasteiger partial charge is 0.227 e. The monoisotopic (exact) mass is 374 g/mol. The van der Waals surface area contributed by atoms with Gasteiger partial charge in [0.1, 0.15) is 0 Å². The van der Waals surface area contributed by atoms with Crippen LogP contribution >= 0.6 is 23.2 Å². The van der Waals surface area contributed by atoms with Crippen molar-refractivity contribution in [2.24, 2.45) is 5.41 Å². The lowest BCUT2D eigenvalue weighted by molar-refractivity contribution is -0.159. The molecule has 4 rings (SSSR count). The highest BCUT2D eigenvalue weighted by Crippen LogP contribution is 2.40. The van der Waals surface area contributed by atoms with Crippen molar-refractivity contribution < 1.29 is 4.79 Å².